The standard InChI is InChI=1S/C19H41NO3/c1-18(2,3)17-22-15-10-14-21-13-8-11-20(7)12-9-16-23-19(4,5)6/h8-17H2,1-7H3. The molecule has 0 spiro atoms. The van der Waals surface area contributed by atoms with Gasteiger partial charge in [0.05, 0.1) is 12.2 Å². The van der Waals surface area contributed by atoms with Crippen LogP contribution in [0.25, 0.3) is 0 Å². The summed E-state index contributed by atoms with van der Waals surface area (Å²) in [4.78, 5) is 2.35. The van der Waals surface area contributed by atoms with Crippen molar-refractivity contribution in [2.45, 2.75) is 66.4 Å². The molecule has 0 unspecified atom stereocenters. The molecule has 0 bridgehead atoms. The fraction of sp³-hybridized carbons (Fsp3) is 1.00. The number of hydrogen-bond acceptors (Lipinski definition) is 4. The highest BCUT2D eigenvalue weighted by molar-refractivity contribution is 4.60. The van der Waals surface area contributed by atoms with Crippen LogP contribution in [0, 0.1) is 5.41 Å². The van der Waals surface area contributed by atoms with E-state index in [9.17, 15) is 0 Å². The number of ether oxygens (including phenoxy) is 3. The predicted molar refractivity (Wildman–Crippen MR) is 98.1 cm³/mol. The van der Waals surface area contributed by atoms with Crippen LogP contribution in [0.5, 0.6) is 0 Å². The van der Waals surface area contributed by atoms with Crippen LogP contribution in [0.2, 0.25) is 0 Å². The van der Waals surface area contributed by atoms with Gasteiger partial charge in [0.1, 0.15) is 0 Å². The van der Waals surface area contributed by atoms with E-state index >= 15 is 0 Å². The molecule has 140 valence electrons. The summed E-state index contributed by atoms with van der Waals surface area (Å²) < 4.78 is 17.0. The third kappa shape index (κ3) is 19.8. The van der Waals surface area contributed by atoms with Crippen molar-refractivity contribution in [2.24, 2.45) is 5.41 Å². The van der Waals surface area contributed by atoms with Crippen molar-refractivity contribution in [3.63, 3.8) is 0 Å². The molecule has 0 N–H and O–H groups in total. The Balaban J connectivity index is 3.28. The topological polar surface area (TPSA) is 30.9 Å². The molecule has 0 saturated heterocycles. The highest BCUT2D eigenvalue weighted by atomic mass is 16.5. The van der Waals surface area contributed by atoms with E-state index in [1.807, 2.05) is 0 Å². The zero-order chi connectivity index (χ0) is 17.8. The molecule has 0 radical (unpaired) electrons. The highest BCUT2D eigenvalue weighted by Crippen LogP contribution is 2.12. The van der Waals surface area contributed by atoms with Crippen molar-refractivity contribution >= 4 is 0 Å². The van der Waals surface area contributed by atoms with Crippen molar-refractivity contribution in [1.29, 1.82) is 0 Å². The molecule has 0 aliphatic carbocycles. The lowest BCUT2D eigenvalue weighted by molar-refractivity contribution is -0.00647. The monoisotopic (exact) mass is 331 g/mol. The smallest absolute Gasteiger partial charge is 0.0598 e. The molecule has 0 aromatic heterocycles. The van der Waals surface area contributed by atoms with E-state index in [1.54, 1.807) is 0 Å². The number of nitrogens with zero attached hydrogens (tertiary/aromatic N) is 1. The van der Waals surface area contributed by atoms with Crippen LogP contribution in [-0.2, 0) is 14.2 Å². The van der Waals surface area contributed by atoms with Crippen LogP contribution in [0.4, 0.5) is 0 Å². The molecule has 4 heteroatoms. The summed E-state index contributed by atoms with van der Waals surface area (Å²) in [6.45, 7) is 19.1. The van der Waals surface area contributed by atoms with Gasteiger partial charge in [-0.1, -0.05) is 20.8 Å². The molecular weight excluding hydrogens is 290 g/mol. The lowest BCUT2D eigenvalue weighted by Crippen LogP contribution is -2.25. The molecular formula is C19H41NO3. The maximum Gasteiger partial charge on any atom is 0.0598 e. The predicted octanol–water partition coefficient (Wildman–Crippen LogP) is 3.98. The van der Waals surface area contributed by atoms with Gasteiger partial charge in [0, 0.05) is 39.5 Å². The highest BCUT2D eigenvalue weighted by Gasteiger charge is 2.10. The van der Waals surface area contributed by atoms with Gasteiger partial charge in [0.15, 0.2) is 0 Å². The molecule has 0 amide bonds. The van der Waals surface area contributed by atoms with Crippen molar-refractivity contribution in [1.82, 2.24) is 4.90 Å². The molecule has 0 rings (SSSR count). The minimum absolute atomic E-state index is 0.0248. The third-order valence-electron chi connectivity index (χ3n) is 3.16. The molecule has 0 aromatic rings. The van der Waals surface area contributed by atoms with Crippen molar-refractivity contribution in [3.8, 4) is 0 Å². The maximum absolute atomic E-state index is 5.73. The summed E-state index contributed by atoms with van der Waals surface area (Å²) in [6.07, 6.45) is 3.15. The third-order valence-corrected chi connectivity index (χ3v) is 3.16. The summed E-state index contributed by atoms with van der Waals surface area (Å²) >= 11 is 0. The Hall–Kier alpha value is -0.160. The fourth-order valence-electron chi connectivity index (χ4n) is 2.00. The molecule has 4 nitrogen and oxygen atoms in total. The largest absolute Gasteiger partial charge is 0.381 e. The summed E-state index contributed by atoms with van der Waals surface area (Å²) in [7, 11) is 2.16. The molecule has 0 saturated carbocycles. The van der Waals surface area contributed by atoms with Gasteiger partial charge in [-0.2, -0.15) is 0 Å². The summed E-state index contributed by atoms with van der Waals surface area (Å²) in [5.74, 6) is 0. The second-order valence-electron chi connectivity index (χ2n) is 8.55. The normalized spacial score (nSPS) is 13.0. The Morgan fingerprint density at radius 1 is 0.696 bits per heavy atom. The second-order valence-corrected chi connectivity index (χ2v) is 8.55. The van der Waals surface area contributed by atoms with Gasteiger partial charge >= 0.3 is 0 Å². The maximum atomic E-state index is 5.73. The van der Waals surface area contributed by atoms with Crippen LogP contribution in [-0.4, -0.2) is 63.7 Å². The van der Waals surface area contributed by atoms with Gasteiger partial charge < -0.3 is 19.1 Å². The minimum Gasteiger partial charge on any atom is -0.381 e. The van der Waals surface area contributed by atoms with E-state index in [2.05, 4.69) is 53.5 Å². The lowest BCUT2D eigenvalue weighted by atomic mass is 9.99. The van der Waals surface area contributed by atoms with E-state index in [-0.39, 0.29) is 11.0 Å². The molecule has 0 aromatic carbocycles. The first kappa shape index (κ1) is 22.8. The van der Waals surface area contributed by atoms with Crippen molar-refractivity contribution < 1.29 is 14.2 Å². The van der Waals surface area contributed by atoms with Crippen LogP contribution in [0.1, 0.15) is 60.8 Å². The first-order valence-electron chi connectivity index (χ1n) is 9.08. The Kier molecular flexibility index (Phi) is 12.2. The lowest BCUT2D eigenvalue weighted by Gasteiger charge is -2.21. The van der Waals surface area contributed by atoms with Crippen molar-refractivity contribution in [2.75, 3.05) is 53.2 Å². The molecule has 0 aliphatic heterocycles. The zero-order valence-electron chi connectivity index (χ0n) is 16.7. The molecule has 0 fully saturated rings. The Bertz CT molecular complexity index is 269. The van der Waals surface area contributed by atoms with Crippen LogP contribution in [0.15, 0.2) is 0 Å². The van der Waals surface area contributed by atoms with Gasteiger partial charge in [-0.3, -0.25) is 0 Å². The van der Waals surface area contributed by atoms with Crippen molar-refractivity contribution in [3.05, 3.63) is 0 Å². The zero-order valence-corrected chi connectivity index (χ0v) is 16.7. The molecule has 23 heavy (non-hydrogen) atoms. The van der Waals surface area contributed by atoms with Gasteiger partial charge in [-0.05, 0) is 52.5 Å². The summed E-state index contributed by atoms with van der Waals surface area (Å²) in [5, 5.41) is 0. The average Bonchev–Trinajstić information content (AvgIpc) is 2.39. The van der Waals surface area contributed by atoms with Crippen LogP contribution in [0.3, 0.4) is 0 Å². The fourth-order valence-corrected chi connectivity index (χ4v) is 2.00. The van der Waals surface area contributed by atoms with Gasteiger partial charge in [-0.15, -0.1) is 0 Å². The Morgan fingerprint density at radius 3 is 1.78 bits per heavy atom. The van der Waals surface area contributed by atoms with Crippen LogP contribution >= 0.6 is 0 Å². The van der Waals surface area contributed by atoms with Gasteiger partial charge in [0.2, 0.25) is 0 Å². The van der Waals surface area contributed by atoms with E-state index in [1.165, 1.54) is 0 Å². The number of hydrogen-bond donors (Lipinski definition) is 0. The van der Waals surface area contributed by atoms with E-state index in [0.29, 0.717) is 0 Å². The summed E-state index contributed by atoms with van der Waals surface area (Å²) in [5.41, 5.74) is 0.229. The molecule has 0 aliphatic rings. The Morgan fingerprint density at radius 2 is 1.22 bits per heavy atom. The number of rotatable bonds is 13. The minimum atomic E-state index is -0.0248. The van der Waals surface area contributed by atoms with Crippen LogP contribution < -0.4 is 0 Å². The van der Waals surface area contributed by atoms with E-state index in [0.717, 1.165) is 65.4 Å². The van der Waals surface area contributed by atoms with E-state index < -0.39 is 0 Å². The first-order chi connectivity index (χ1) is 10.6. The average molecular weight is 332 g/mol. The SMILES string of the molecule is CN(CCCOCCCOCC(C)(C)C)CCCOC(C)(C)C. The molecule has 0 atom stereocenters. The second kappa shape index (κ2) is 12.2. The van der Waals surface area contributed by atoms with Gasteiger partial charge in [0.25, 0.3) is 0 Å². The first-order valence-corrected chi connectivity index (χ1v) is 9.08. The molecule has 0 heterocycles. The quantitative estimate of drug-likeness (QED) is 0.478. The van der Waals surface area contributed by atoms with E-state index in [4.69, 9.17) is 14.2 Å². The van der Waals surface area contributed by atoms with Gasteiger partial charge in [-0.25, -0.2) is 0 Å². The Labute approximate surface area is 144 Å². The summed E-state index contributed by atoms with van der Waals surface area (Å²) in [6, 6.07) is 0.